The average molecular weight is 272 g/mol. The lowest BCUT2D eigenvalue weighted by Crippen LogP contribution is -2.47. The molecule has 1 rings (SSSR count). The lowest BCUT2D eigenvalue weighted by atomic mass is 9.74. The molecule has 0 N–H and O–H groups in total. The molecule has 0 aliphatic heterocycles. The average Bonchev–Trinajstić information content (AvgIpc) is 2.66. The largest absolute Gasteiger partial charge is 0.458 e. The fourth-order valence-electron chi connectivity index (χ4n) is 2.41. The number of carbonyl (C=O) groups is 1. The zero-order valence-electron chi connectivity index (χ0n) is 12.4. The van der Waals surface area contributed by atoms with Crippen LogP contribution >= 0.6 is 0 Å². The van der Waals surface area contributed by atoms with Gasteiger partial charge in [0.05, 0.1) is 5.41 Å². The van der Waals surface area contributed by atoms with E-state index in [0.717, 1.165) is 19.3 Å². The second-order valence-electron chi connectivity index (χ2n) is 7.08. The number of hydrogen-bond donors (Lipinski definition) is 0. The Balaban J connectivity index is 0. The summed E-state index contributed by atoms with van der Waals surface area (Å²) < 4.78 is 5.98. The van der Waals surface area contributed by atoms with E-state index in [1.807, 2.05) is 20.8 Å². The fraction of sp³-hybridized carbons (Fsp3) is 0.941. The van der Waals surface area contributed by atoms with Crippen molar-refractivity contribution in [1.82, 2.24) is 0 Å². The summed E-state index contributed by atoms with van der Waals surface area (Å²) in [7, 11) is 0. The van der Waals surface area contributed by atoms with Crippen LogP contribution in [0.15, 0.2) is 0 Å². The third-order valence-electron chi connectivity index (χ3n) is 4.50. The predicted octanol–water partition coefficient (Wildman–Crippen LogP) is 5.60. The van der Waals surface area contributed by atoms with Crippen molar-refractivity contribution in [2.24, 2.45) is 10.8 Å². The van der Waals surface area contributed by atoms with E-state index in [0.29, 0.717) is 0 Å². The third kappa shape index (κ3) is 4.22. The molecular formula is C17H36O2. The Morgan fingerprint density at radius 3 is 1.79 bits per heavy atom. The maximum atomic E-state index is 12.3. The highest BCUT2D eigenvalue weighted by Gasteiger charge is 2.48. The van der Waals surface area contributed by atoms with Crippen molar-refractivity contribution < 1.29 is 9.53 Å². The maximum Gasteiger partial charge on any atom is 0.312 e. The minimum absolute atomic E-state index is 0. The van der Waals surface area contributed by atoms with Crippen LogP contribution in [0.1, 0.15) is 88.5 Å². The van der Waals surface area contributed by atoms with E-state index in [9.17, 15) is 4.79 Å². The van der Waals surface area contributed by atoms with Crippen LogP contribution in [0.3, 0.4) is 0 Å². The first-order valence-electron chi connectivity index (χ1n) is 6.88. The molecule has 0 unspecified atom stereocenters. The number of carbonyl (C=O) groups excluding carboxylic acids is 1. The molecule has 0 heterocycles. The Hall–Kier alpha value is -0.530. The first-order valence-corrected chi connectivity index (χ1v) is 6.88. The number of rotatable bonds is 3. The van der Waals surface area contributed by atoms with Gasteiger partial charge in [0, 0.05) is 5.41 Å². The molecule has 19 heavy (non-hydrogen) atoms. The molecule has 0 saturated heterocycles. The van der Waals surface area contributed by atoms with Crippen LogP contribution in [-0.2, 0) is 9.53 Å². The fourth-order valence-corrected chi connectivity index (χ4v) is 2.41. The van der Waals surface area contributed by atoms with Crippen molar-refractivity contribution in [2.75, 3.05) is 0 Å². The molecule has 2 nitrogen and oxygen atoms in total. The highest BCUT2D eigenvalue weighted by atomic mass is 16.6. The Bertz CT molecular complexity index is 278. The first kappa shape index (κ1) is 20.8. The second-order valence-corrected chi connectivity index (χ2v) is 7.08. The second kappa shape index (κ2) is 6.76. The Morgan fingerprint density at radius 2 is 1.47 bits per heavy atom. The smallest absolute Gasteiger partial charge is 0.312 e. The van der Waals surface area contributed by atoms with Gasteiger partial charge in [-0.1, -0.05) is 42.5 Å². The topological polar surface area (TPSA) is 26.3 Å². The van der Waals surface area contributed by atoms with Gasteiger partial charge in [0.25, 0.3) is 0 Å². The molecule has 1 aliphatic rings. The first-order chi connectivity index (χ1) is 7.65. The monoisotopic (exact) mass is 272 g/mol. The Labute approximate surface area is 121 Å². The number of hydrogen-bond acceptors (Lipinski definition) is 2. The van der Waals surface area contributed by atoms with Gasteiger partial charge in [0.2, 0.25) is 0 Å². The van der Waals surface area contributed by atoms with Crippen molar-refractivity contribution in [3.05, 3.63) is 0 Å². The molecule has 1 saturated carbocycles. The normalized spacial score (nSPS) is 18.2. The highest BCUT2D eigenvalue weighted by Crippen LogP contribution is 2.47. The van der Waals surface area contributed by atoms with Gasteiger partial charge in [0.1, 0.15) is 5.60 Å². The van der Waals surface area contributed by atoms with E-state index in [1.165, 1.54) is 12.8 Å². The zero-order valence-corrected chi connectivity index (χ0v) is 12.4. The summed E-state index contributed by atoms with van der Waals surface area (Å²) in [6.07, 6.45) is 5.21. The zero-order chi connectivity index (χ0) is 13.3. The summed E-state index contributed by atoms with van der Waals surface area (Å²) in [6.45, 7) is 12.5. The van der Waals surface area contributed by atoms with Crippen molar-refractivity contribution >= 4 is 5.97 Å². The molecule has 0 spiro atoms. The molecule has 0 amide bonds. The van der Waals surface area contributed by atoms with E-state index < -0.39 is 0 Å². The van der Waals surface area contributed by atoms with E-state index in [4.69, 9.17) is 4.74 Å². The van der Waals surface area contributed by atoms with Gasteiger partial charge in [-0.2, -0.15) is 0 Å². The minimum Gasteiger partial charge on any atom is -0.458 e. The lowest BCUT2D eigenvalue weighted by Gasteiger charge is -2.42. The van der Waals surface area contributed by atoms with Crippen LogP contribution in [-0.4, -0.2) is 11.6 Å². The van der Waals surface area contributed by atoms with Gasteiger partial charge in [-0.3, -0.25) is 4.79 Å². The molecule has 0 aromatic heterocycles. The molecule has 116 valence electrons. The van der Waals surface area contributed by atoms with E-state index in [-0.39, 0.29) is 37.3 Å². The predicted molar refractivity (Wildman–Crippen MR) is 84.3 cm³/mol. The summed E-state index contributed by atoms with van der Waals surface area (Å²) >= 11 is 0. The summed E-state index contributed by atoms with van der Waals surface area (Å²) in [4.78, 5) is 12.3. The summed E-state index contributed by atoms with van der Waals surface area (Å²) in [5.74, 6) is -0.0307. The van der Waals surface area contributed by atoms with Gasteiger partial charge in [-0.05, 0) is 46.0 Å². The van der Waals surface area contributed by atoms with Gasteiger partial charge in [0.15, 0.2) is 0 Å². The van der Waals surface area contributed by atoms with Gasteiger partial charge in [-0.25, -0.2) is 0 Å². The van der Waals surface area contributed by atoms with Crippen molar-refractivity contribution in [1.29, 1.82) is 0 Å². The third-order valence-corrected chi connectivity index (χ3v) is 4.50. The van der Waals surface area contributed by atoms with Gasteiger partial charge >= 0.3 is 5.97 Å². The van der Waals surface area contributed by atoms with Crippen molar-refractivity contribution in [2.45, 2.75) is 94.1 Å². The van der Waals surface area contributed by atoms with Crippen molar-refractivity contribution in [3.8, 4) is 0 Å². The molecule has 1 aliphatic carbocycles. The molecule has 0 bridgehead atoms. The molecule has 2 heteroatoms. The summed E-state index contributed by atoms with van der Waals surface area (Å²) in [5, 5.41) is 0. The van der Waals surface area contributed by atoms with Crippen LogP contribution in [0.2, 0.25) is 0 Å². The standard InChI is InChI=1S/C15H28O2.2CH4/c1-7-14(5,6)12(16)17-15(13(2,3)4)10-8-9-11-15;;/h7-11H2,1-6H3;2*1H4. The molecule has 0 aromatic carbocycles. The van der Waals surface area contributed by atoms with E-state index in [2.05, 4.69) is 20.8 Å². The molecular weight excluding hydrogens is 236 g/mol. The quantitative estimate of drug-likeness (QED) is 0.625. The van der Waals surface area contributed by atoms with Crippen LogP contribution in [0.25, 0.3) is 0 Å². The number of ether oxygens (including phenoxy) is 1. The van der Waals surface area contributed by atoms with Crippen LogP contribution in [0, 0.1) is 10.8 Å². The van der Waals surface area contributed by atoms with Crippen molar-refractivity contribution in [3.63, 3.8) is 0 Å². The maximum absolute atomic E-state index is 12.3. The number of esters is 1. The van der Waals surface area contributed by atoms with Gasteiger partial charge < -0.3 is 4.74 Å². The Morgan fingerprint density at radius 1 is 1.05 bits per heavy atom. The summed E-state index contributed by atoms with van der Waals surface area (Å²) in [6, 6.07) is 0. The van der Waals surface area contributed by atoms with E-state index >= 15 is 0 Å². The molecule has 0 radical (unpaired) electrons. The van der Waals surface area contributed by atoms with Gasteiger partial charge in [-0.15, -0.1) is 0 Å². The highest BCUT2D eigenvalue weighted by molar-refractivity contribution is 5.76. The van der Waals surface area contributed by atoms with Crippen LogP contribution in [0.5, 0.6) is 0 Å². The van der Waals surface area contributed by atoms with Crippen LogP contribution < -0.4 is 0 Å². The molecule has 1 fully saturated rings. The van der Waals surface area contributed by atoms with E-state index in [1.54, 1.807) is 0 Å². The lowest BCUT2D eigenvalue weighted by molar-refractivity contribution is -0.183. The van der Waals surface area contributed by atoms with Crippen LogP contribution in [0.4, 0.5) is 0 Å². The minimum atomic E-state index is -0.360. The SMILES string of the molecule is C.C.CCC(C)(C)C(=O)OC1(C(C)(C)C)CCCC1. The Kier molecular flexibility index (Phi) is 7.40. The molecule has 0 aromatic rings. The summed E-state index contributed by atoms with van der Waals surface area (Å²) in [5.41, 5.74) is -0.569. The molecule has 0 atom stereocenters.